The second-order valence-corrected chi connectivity index (χ2v) is 5.44. The highest BCUT2D eigenvalue weighted by Crippen LogP contribution is 2.22. The van der Waals surface area contributed by atoms with Crippen molar-refractivity contribution in [1.82, 2.24) is 4.90 Å². The van der Waals surface area contributed by atoms with Crippen LogP contribution < -0.4 is 0 Å². The molecule has 0 bridgehead atoms. The first-order valence-electron chi connectivity index (χ1n) is 7.10. The highest BCUT2D eigenvalue weighted by atomic mass is 16.3. The molecule has 1 aliphatic heterocycles. The third-order valence-corrected chi connectivity index (χ3v) is 3.91. The molecule has 1 N–H and O–H groups in total. The zero-order valence-electron chi connectivity index (χ0n) is 12.0. The molecule has 2 atom stereocenters. The third-order valence-electron chi connectivity index (χ3n) is 3.91. The number of rotatable bonds is 3. The fraction of sp³-hybridized carbons (Fsp3) is 0.500. The van der Waals surface area contributed by atoms with Crippen molar-refractivity contribution in [3.63, 3.8) is 0 Å². The number of carbonyl (C=O) groups is 2. The molecule has 1 saturated heterocycles. The van der Waals surface area contributed by atoms with E-state index in [1.165, 1.54) is 6.92 Å². The third kappa shape index (κ3) is 3.07. The quantitative estimate of drug-likeness (QED) is 0.861. The number of nitrogens with zero attached hydrogens (tertiary/aromatic N) is 1. The van der Waals surface area contributed by atoms with Crippen LogP contribution in [0.15, 0.2) is 24.3 Å². The number of benzene rings is 1. The van der Waals surface area contributed by atoms with E-state index < -0.39 is 6.10 Å². The van der Waals surface area contributed by atoms with E-state index in [2.05, 4.69) is 0 Å². The summed E-state index contributed by atoms with van der Waals surface area (Å²) in [7, 11) is 0. The molecule has 0 spiro atoms. The van der Waals surface area contributed by atoms with Crippen molar-refractivity contribution in [2.75, 3.05) is 6.54 Å². The number of aliphatic hydroxyl groups excluding tert-OH is 1. The van der Waals surface area contributed by atoms with Crippen LogP contribution in [0.1, 0.15) is 53.8 Å². The maximum atomic E-state index is 12.5. The standard InChI is InChI=1S/C16H21NO3/c1-11(18)13-6-8-14(9-7-13)16(20)17-10-4-3-5-15(17)12(2)19/h6-9,12,15,19H,3-5,10H2,1-2H3/t12-,15-/m1/s1. The van der Waals surface area contributed by atoms with Crippen molar-refractivity contribution in [3.05, 3.63) is 35.4 Å². The molecule has 0 aliphatic carbocycles. The summed E-state index contributed by atoms with van der Waals surface area (Å²) in [4.78, 5) is 25.5. The van der Waals surface area contributed by atoms with Gasteiger partial charge in [-0.3, -0.25) is 9.59 Å². The van der Waals surface area contributed by atoms with Gasteiger partial charge in [0.1, 0.15) is 0 Å². The van der Waals surface area contributed by atoms with Crippen LogP contribution in [0, 0.1) is 0 Å². The summed E-state index contributed by atoms with van der Waals surface area (Å²) in [6.07, 6.45) is 2.34. The average Bonchev–Trinajstić information content (AvgIpc) is 2.46. The van der Waals surface area contributed by atoms with Gasteiger partial charge in [-0.05, 0) is 45.2 Å². The van der Waals surface area contributed by atoms with E-state index in [4.69, 9.17) is 0 Å². The molecule has 1 aromatic carbocycles. The summed E-state index contributed by atoms with van der Waals surface area (Å²) >= 11 is 0. The Balaban J connectivity index is 2.18. The maximum Gasteiger partial charge on any atom is 0.254 e. The Labute approximate surface area is 119 Å². The van der Waals surface area contributed by atoms with Crippen molar-refractivity contribution in [1.29, 1.82) is 0 Å². The van der Waals surface area contributed by atoms with Gasteiger partial charge in [0.15, 0.2) is 5.78 Å². The van der Waals surface area contributed by atoms with E-state index in [0.29, 0.717) is 17.7 Å². The second-order valence-electron chi connectivity index (χ2n) is 5.44. The van der Waals surface area contributed by atoms with Crippen molar-refractivity contribution < 1.29 is 14.7 Å². The first-order valence-corrected chi connectivity index (χ1v) is 7.10. The van der Waals surface area contributed by atoms with Crippen LogP contribution in [0.2, 0.25) is 0 Å². The smallest absolute Gasteiger partial charge is 0.254 e. The van der Waals surface area contributed by atoms with Crippen LogP contribution >= 0.6 is 0 Å². The average molecular weight is 275 g/mol. The minimum atomic E-state index is -0.518. The van der Waals surface area contributed by atoms with Crippen LogP contribution in [-0.2, 0) is 0 Å². The van der Waals surface area contributed by atoms with Gasteiger partial charge in [-0.15, -0.1) is 0 Å². The monoisotopic (exact) mass is 275 g/mol. The van der Waals surface area contributed by atoms with Gasteiger partial charge in [-0.2, -0.15) is 0 Å². The van der Waals surface area contributed by atoms with E-state index in [9.17, 15) is 14.7 Å². The Bertz CT molecular complexity index is 493. The van der Waals surface area contributed by atoms with Gasteiger partial charge >= 0.3 is 0 Å². The lowest BCUT2D eigenvalue weighted by Gasteiger charge is -2.37. The molecule has 4 nitrogen and oxygen atoms in total. The lowest BCUT2D eigenvalue weighted by Crippen LogP contribution is -2.48. The maximum absolute atomic E-state index is 12.5. The zero-order valence-corrected chi connectivity index (χ0v) is 12.0. The summed E-state index contributed by atoms with van der Waals surface area (Å²) in [5, 5.41) is 9.82. The van der Waals surface area contributed by atoms with Crippen LogP contribution in [0.4, 0.5) is 0 Å². The van der Waals surface area contributed by atoms with Crippen molar-refractivity contribution in [3.8, 4) is 0 Å². The van der Waals surface area contributed by atoms with Gasteiger partial charge in [0, 0.05) is 17.7 Å². The fourth-order valence-electron chi connectivity index (χ4n) is 2.72. The van der Waals surface area contributed by atoms with E-state index >= 15 is 0 Å². The number of hydrogen-bond donors (Lipinski definition) is 1. The number of ketones is 1. The Hall–Kier alpha value is -1.68. The molecule has 4 heteroatoms. The lowest BCUT2D eigenvalue weighted by molar-refractivity contribution is 0.0281. The van der Waals surface area contributed by atoms with Crippen LogP contribution in [0.25, 0.3) is 0 Å². The van der Waals surface area contributed by atoms with Gasteiger partial charge in [0.25, 0.3) is 5.91 Å². The largest absolute Gasteiger partial charge is 0.391 e. The second kappa shape index (κ2) is 6.18. The molecule has 1 fully saturated rings. The van der Waals surface area contributed by atoms with E-state index in [1.54, 1.807) is 36.1 Å². The SMILES string of the molecule is CC(=O)c1ccc(C(=O)N2CCCC[C@@H]2[C@@H](C)O)cc1. The van der Waals surface area contributed by atoms with Crippen LogP contribution in [-0.4, -0.2) is 40.4 Å². The molecule has 2 rings (SSSR count). The molecular weight excluding hydrogens is 254 g/mol. The Kier molecular flexibility index (Phi) is 4.55. The van der Waals surface area contributed by atoms with Crippen molar-refractivity contribution >= 4 is 11.7 Å². The van der Waals surface area contributed by atoms with Crippen molar-refractivity contribution in [2.24, 2.45) is 0 Å². The van der Waals surface area contributed by atoms with Gasteiger partial charge < -0.3 is 10.0 Å². The number of carbonyl (C=O) groups excluding carboxylic acids is 2. The van der Waals surface area contributed by atoms with Gasteiger partial charge in [0.2, 0.25) is 0 Å². The minimum absolute atomic E-state index is 0.0103. The van der Waals surface area contributed by atoms with E-state index in [1.807, 2.05) is 0 Å². The predicted octanol–water partition coefficient (Wildman–Crippen LogP) is 2.26. The molecule has 1 amide bonds. The molecule has 0 unspecified atom stereocenters. The van der Waals surface area contributed by atoms with Gasteiger partial charge in [0.05, 0.1) is 12.1 Å². The molecule has 1 aromatic rings. The zero-order chi connectivity index (χ0) is 14.7. The fourth-order valence-corrected chi connectivity index (χ4v) is 2.72. The minimum Gasteiger partial charge on any atom is -0.391 e. The lowest BCUT2D eigenvalue weighted by atomic mass is 9.97. The van der Waals surface area contributed by atoms with Crippen LogP contribution in [0.3, 0.4) is 0 Å². The topological polar surface area (TPSA) is 57.6 Å². The first kappa shape index (κ1) is 14.7. The Morgan fingerprint density at radius 1 is 1.20 bits per heavy atom. The molecule has 1 aliphatic rings. The summed E-state index contributed by atoms with van der Waals surface area (Å²) in [5.41, 5.74) is 1.18. The Morgan fingerprint density at radius 3 is 2.35 bits per heavy atom. The number of aliphatic hydroxyl groups is 1. The summed E-state index contributed by atoms with van der Waals surface area (Å²) < 4.78 is 0. The molecule has 20 heavy (non-hydrogen) atoms. The van der Waals surface area contributed by atoms with E-state index in [-0.39, 0.29) is 17.7 Å². The summed E-state index contributed by atoms with van der Waals surface area (Å²) in [5.74, 6) is -0.0745. The Morgan fingerprint density at radius 2 is 1.80 bits per heavy atom. The molecule has 108 valence electrons. The number of amides is 1. The predicted molar refractivity (Wildman–Crippen MR) is 76.8 cm³/mol. The van der Waals surface area contributed by atoms with E-state index in [0.717, 1.165) is 19.3 Å². The van der Waals surface area contributed by atoms with Crippen molar-refractivity contribution in [2.45, 2.75) is 45.3 Å². The molecule has 0 radical (unpaired) electrons. The molecule has 1 heterocycles. The molecular formula is C16H21NO3. The number of likely N-dealkylation sites (tertiary alicyclic amines) is 1. The molecule has 0 saturated carbocycles. The first-order chi connectivity index (χ1) is 9.50. The van der Waals surface area contributed by atoms with Crippen LogP contribution in [0.5, 0.6) is 0 Å². The highest BCUT2D eigenvalue weighted by molar-refractivity contribution is 5.97. The number of piperidine rings is 1. The highest BCUT2D eigenvalue weighted by Gasteiger charge is 2.30. The number of hydrogen-bond acceptors (Lipinski definition) is 3. The number of Topliss-reactive ketones (excluding diaryl/α,β-unsaturated/α-hetero) is 1. The summed E-state index contributed by atoms with van der Waals surface area (Å²) in [6.45, 7) is 3.92. The van der Waals surface area contributed by atoms with Gasteiger partial charge in [-0.1, -0.05) is 12.1 Å². The van der Waals surface area contributed by atoms with Gasteiger partial charge in [-0.25, -0.2) is 0 Å². The molecule has 0 aromatic heterocycles. The summed E-state index contributed by atoms with van der Waals surface area (Å²) in [6, 6.07) is 6.62. The normalized spacial score (nSPS) is 20.6.